The molecular weight excluding hydrogens is 338 g/mol. The lowest BCUT2D eigenvalue weighted by Crippen LogP contribution is -2.31. The number of carbonyl (C=O) groups is 2. The summed E-state index contributed by atoms with van der Waals surface area (Å²) in [6.45, 7) is 4.90. The highest BCUT2D eigenvalue weighted by Gasteiger charge is 2.10. The zero-order valence-electron chi connectivity index (χ0n) is 14.5. The second kappa shape index (κ2) is 9.17. The van der Waals surface area contributed by atoms with Crippen LogP contribution in [0.3, 0.4) is 0 Å². The molecule has 134 valence electrons. The van der Waals surface area contributed by atoms with Gasteiger partial charge >= 0.3 is 4.87 Å². The van der Waals surface area contributed by atoms with Gasteiger partial charge in [0.15, 0.2) is 0 Å². The van der Waals surface area contributed by atoms with Crippen molar-refractivity contribution >= 4 is 23.2 Å². The number of rotatable bonds is 8. The van der Waals surface area contributed by atoms with E-state index >= 15 is 0 Å². The lowest BCUT2D eigenvalue weighted by Gasteiger charge is -2.08. The van der Waals surface area contributed by atoms with Gasteiger partial charge < -0.3 is 15.2 Å². The zero-order valence-corrected chi connectivity index (χ0v) is 15.3. The molecule has 25 heavy (non-hydrogen) atoms. The predicted molar refractivity (Wildman–Crippen MR) is 98.6 cm³/mol. The van der Waals surface area contributed by atoms with Crippen LogP contribution >= 0.6 is 11.3 Å². The molecule has 0 saturated carbocycles. The SMILES string of the molecule is Cc1sc(=O)n(CCC(=O)NCCC(=O)NCc2ccccc2)c1C. The summed E-state index contributed by atoms with van der Waals surface area (Å²) in [5.74, 6) is -0.268. The molecule has 1 aromatic carbocycles. The van der Waals surface area contributed by atoms with E-state index in [-0.39, 0.29) is 36.1 Å². The van der Waals surface area contributed by atoms with Gasteiger partial charge in [-0.05, 0) is 19.4 Å². The van der Waals surface area contributed by atoms with Crippen LogP contribution in [0.25, 0.3) is 0 Å². The van der Waals surface area contributed by atoms with Gasteiger partial charge in [0.2, 0.25) is 11.8 Å². The van der Waals surface area contributed by atoms with Gasteiger partial charge in [0.1, 0.15) is 0 Å². The second-order valence-corrected chi connectivity index (χ2v) is 6.94. The standard InChI is InChI=1S/C18H23N3O3S/c1-13-14(2)25-18(24)21(13)11-9-17(23)19-10-8-16(22)20-12-15-6-4-3-5-7-15/h3-7H,8-12H2,1-2H3,(H,19,23)(H,20,22). The Morgan fingerprint density at radius 1 is 1.04 bits per heavy atom. The van der Waals surface area contributed by atoms with Crippen molar-refractivity contribution in [3.8, 4) is 0 Å². The normalized spacial score (nSPS) is 10.5. The highest BCUT2D eigenvalue weighted by Crippen LogP contribution is 2.09. The molecule has 0 aliphatic carbocycles. The molecule has 0 fully saturated rings. The summed E-state index contributed by atoms with van der Waals surface area (Å²) in [7, 11) is 0. The Labute approximate surface area is 150 Å². The number of benzene rings is 1. The van der Waals surface area contributed by atoms with Crippen LogP contribution in [0.4, 0.5) is 0 Å². The molecule has 2 aromatic rings. The van der Waals surface area contributed by atoms with Gasteiger partial charge in [-0.15, -0.1) is 0 Å². The van der Waals surface area contributed by atoms with Crippen molar-refractivity contribution in [2.45, 2.75) is 39.8 Å². The largest absolute Gasteiger partial charge is 0.356 e. The third-order valence-electron chi connectivity index (χ3n) is 3.94. The van der Waals surface area contributed by atoms with E-state index in [2.05, 4.69) is 10.6 Å². The van der Waals surface area contributed by atoms with E-state index in [4.69, 9.17) is 0 Å². The average Bonchev–Trinajstić information content (AvgIpc) is 2.84. The van der Waals surface area contributed by atoms with Crippen LogP contribution in [-0.4, -0.2) is 22.9 Å². The van der Waals surface area contributed by atoms with Crippen LogP contribution in [0.5, 0.6) is 0 Å². The minimum absolute atomic E-state index is 0.0388. The molecule has 1 aromatic heterocycles. The third-order valence-corrected chi connectivity index (χ3v) is 4.94. The predicted octanol–water partition coefficient (Wildman–Crippen LogP) is 1.74. The van der Waals surface area contributed by atoms with Crippen molar-refractivity contribution in [1.82, 2.24) is 15.2 Å². The van der Waals surface area contributed by atoms with E-state index < -0.39 is 0 Å². The summed E-state index contributed by atoms with van der Waals surface area (Å²) in [4.78, 5) is 36.3. The first-order chi connectivity index (χ1) is 12.0. The van der Waals surface area contributed by atoms with Crippen molar-refractivity contribution < 1.29 is 9.59 Å². The van der Waals surface area contributed by atoms with E-state index in [0.717, 1.165) is 16.1 Å². The Bertz CT molecular complexity index is 781. The molecular formula is C18H23N3O3S. The molecule has 0 bridgehead atoms. The minimum Gasteiger partial charge on any atom is -0.356 e. The van der Waals surface area contributed by atoms with Crippen molar-refractivity contribution in [2.75, 3.05) is 6.54 Å². The fraction of sp³-hybridized carbons (Fsp3) is 0.389. The highest BCUT2D eigenvalue weighted by molar-refractivity contribution is 7.09. The molecule has 7 heteroatoms. The molecule has 0 spiro atoms. The quantitative estimate of drug-likeness (QED) is 0.752. The summed E-state index contributed by atoms with van der Waals surface area (Å²) < 4.78 is 1.62. The van der Waals surface area contributed by atoms with E-state index in [9.17, 15) is 14.4 Å². The molecule has 0 radical (unpaired) electrons. The number of carbonyl (C=O) groups excluding carboxylic acids is 2. The van der Waals surface area contributed by atoms with Crippen molar-refractivity contribution in [1.29, 1.82) is 0 Å². The Morgan fingerprint density at radius 2 is 1.72 bits per heavy atom. The van der Waals surface area contributed by atoms with Crippen LogP contribution in [0.15, 0.2) is 35.1 Å². The summed E-state index contributed by atoms with van der Waals surface area (Å²) >= 11 is 1.20. The number of aromatic nitrogens is 1. The van der Waals surface area contributed by atoms with Gasteiger partial charge in [0.05, 0.1) is 0 Å². The maximum atomic E-state index is 11.9. The minimum atomic E-state index is -0.161. The molecule has 0 atom stereocenters. The van der Waals surface area contributed by atoms with E-state index in [1.807, 2.05) is 44.2 Å². The Morgan fingerprint density at radius 3 is 2.36 bits per heavy atom. The molecule has 1 heterocycles. The van der Waals surface area contributed by atoms with E-state index in [1.54, 1.807) is 4.57 Å². The third kappa shape index (κ3) is 5.86. The van der Waals surface area contributed by atoms with Crippen LogP contribution < -0.4 is 15.5 Å². The second-order valence-electron chi connectivity index (χ2n) is 5.77. The van der Waals surface area contributed by atoms with Crippen LogP contribution in [0.1, 0.15) is 29.0 Å². The molecule has 6 nitrogen and oxygen atoms in total. The molecule has 0 aliphatic rings. The number of thiazole rings is 1. The van der Waals surface area contributed by atoms with Crippen molar-refractivity contribution in [2.24, 2.45) is 0 Å². The average molecular weight is 361 g/mol. The number of hydrogen-bond donors (Lipinski definition) is 2. The number of hydrogen-bond acceptors (Lipinski definition) is 4. The maximum absolute atomic E-state index is 11.9. The monoisotopic (exact) mass is 361 g/mol. The summed E-state index contributed by atoms with van der Waals surface area (Å²) in [6.07, 6.45) is 0.456. The summed E-state index contributed by atoms with van der Waals surface area (Å²) in [6, 6.07) is 9.65. The Kier molecular flexibility index (Phi) is 6.94. The van der Waals surface area contributed by atoms with Crippen LogP contribution in [0.2, 0.25) is 0 Å². The Hall–Kier alpha value is -2.41. The number of aryl methyl sites for hydroxylation is 1. The lowest BCUT2D eigenvalue weighted by molar-refractivity contribution is -0.122. The van der Waals surface area contributed by atoms with Gasteiger partial charge in [0, 0.05) is 43.0 Å². The molecule has 2 rings (SSSR count). The first-order valence-corrected chi connectivity index (χ1v) is 9.03. The molecule has 2 N–H and O–H groups in total. The topological polar surface area (TPSA) is 80.2 Å². The first-order valence-electron chi connectivity index (χ1n) is 8.21. The smallest absolute Gasteiger partial charge is 0.307 e. The van der Waals surface area contributed by atoms with Gasteiger partial charge in [-0.2, -0.15) is 0 Å². The zero-order chi connectivity index (χ0) is 18.2. The fourth-order valence-corrected chi connectivity index (χ4v) is 3.21. The number of nitrogens with zero attached hydrogens (tertiary/aromatic N) is 1. The number of nitrogens with one attached hydrogen (secondary N) is 2. The van der Waals surface area contributed by atoms with Gasteiger partial charge in [-0.25, -0.2) is 0 Å². The van der Waals surface area contributed by atoms with E-state index in [0.29, 0.717) is 13.1 Å². The molecule has 0 saturated heterocycles. The molecule has 0 aliphatic heterocycles. The maximum Gasteiger partial charge on any atom is 0.307 e. The fourth-order valence-electron chi connectivity index (χ4n) is 2.35. The lowest BCUT2D eigenvalue weighted by atomic mass is 10.2. The first kappa shape index (κ1) is 18.9. The van der Waals surface area contributed by atoms with Crippen LogP contribution in [-0.2, 0) is 22.7 Å². The number of amides is 2. The Balaban J connectivity index is 1.65. The highest BCUT2D eigenvalue weighted by atomic mass is 32.1. The summed E-state index contributed by atoms with van der Waals surface area (Å²) in [5, 5.41) is 5.53. The molecule has 2 amide bonds. The summed E-state index contributed by atoms with van der Waals surface area (Å²) in [5.41, 5.74) is 1.94. The van der Waals surface area contributed by atoms with E-state index in [1.165, 1.54) is 11.3 Å². The van der Waals surface area contributed by atoms with Crippen molar-refractivity contribution in [3.05, 3.63) is 56.1 Å². The van der Waals surface area contributed by atoms with Gasteiger partial charge in [-0.3, -0.25) is 14.4 Å². The molecule has 0 unspecified atom stereocenters. The van der Waals surface area contributed by atoms with Gasteiger partial charge in [0.25, 0.3) is 0 Å². The van der Waals surface area contributed by atoms with Gasteiger partial charge in [-0.1, -0.05) is 41.7 Å². The van der Waals surface area contributed by atoms with Crippen molar-refractivity contribution in [3.63, 3.8) is 0 Å². The van der Waals surface area contributed by atoms with Crippen LogP contribution in [0, 0.1) is 13.8 Å².